The lowest BCUT2D eigenvalue weighted by molar-refractivity contribution is 1.11. The van der Waals surface area contributed by atoms with Crippen LogP contribution in [0.5, 0.6) is 0 Å². The number of aromatic nitrogens is 4. The predicted octanol–water partition coefficient (Wildman–Crippen LogP) is 6.05. The summed E-state index contributed by atoms with van der Waals surface area (Å²) in [5.41, 5.74) is 5.78. The summed E-state index contributed by atoms with van der Waals surface area (Å²) in [5.74, 6) is 1.87. The average molecular weight is 393 g/mol. The fourth-order valence-electron chi connectivity index (χ4n) is 3.16. The summed E-state index contributed by atoms with van der Waals surface area (Å²) < 4.78 is 0. The van der Waals surface area contributed by atoms with Crippen molar-refractivity contribution in [2.75, 3.05) is 0 Å². The number of aromatic amines is 2. The molecule has 0 aliphatic heterocycles. The summed E-state index contributed by atoms with van der Waals surface area (Å²) in [6.07, 6.45) is 4.64. The van der Waals surface area contributed by atoms with Gasteiger partial charge < -0.3 is 9.97 Å². The number of benzene rings is 3. The molecule has 148 valence electrons. The van der Waals surface area contributed by atoms with Crippen molar-refractivity contribution in [2.45, 2.75) is 13.3 Å². The van der Waals surface area contributed by atoms with E-state index in [1.54, 1.807) is 0 Å². The van der Waals surface area contributed by atoms with Crippen LogP contribution in [0.3, 0.4) is 0 Å². The molecule has 2 heterocycles. The Morgan fingerprint density at radius 2 is 1.10 bits per heavy atom. The Labute approximate surface area is 176 Å². The molecule has 4 heteroatoms. The quantitative estimate of drug-likeness (QED) is 0.391. The highest BCUT2D eigenvalue weighted by Gasteiger charge is 2.03. The maximum Gasteiger partial charge on any atom is 0.137 e. The van der Waals surface area contributed by atoms with Crippen molar-refractivity contribution in [1.82, 2.24) is 19.9 Å². The molecular weight excluding hydrogens is 368 g/mol. The van der Waals surface area contributed by atoms with Gasteiger partial charge in [0, 0.05) is 41.3 Å². The highest BCUT2D eigenvalue weighted by Crippen LogP contribution is 2.16. The van der Waals surface area contributed by atoms with Crippen LogP contribution in [0.1, 0.15) is 17.0 Å². The van der Waals surface area contributed by atoms with Crippen LogP contribution in [0.2, 0.25) is 0 Å². The third kappa shape index (κ3) is 5.11. The van der Waals surface area contributed by atoms with E-state index in [1.807, 2.05) is 73.9 Å². The minimum atomic E-state index is 0.890. The molecule has 0 spiro atoms. The van der Waals surface area contributed by atoms with Crippen LogP contribution >= 0.6 is 0 Å². The number of nitrogens with zero attached hydrogens (tertiary/aromatic N) is 2. The Morgan fingerprint density at radius 3 is 1.63 bits per heavy atom. The molecule has 0 fully saturated rings. The summed E-state index contributed by atoms with van der Waals surface area (Å²) in [6, 6.07) is 30.7. The van der Waals surface area contributed by atoms with Gasteiger partial charge in [0.25, 0.3) is 0 Å². The van der Waals surface area contributed by atoms with Crippen molar-refractivity contribution in [3.8, 4) is 22.8 Å². The lowest BCUT2D eigenvalue weighted by Gasteiger charge is -1.98. The molecule has 0 saturated carbocycles. The minimum Gasteiger partial charge on any atom is -0.342 e. The zero-order valence-electron chi connectivity index (χ0n) is 16.9. The Kier molecular flexibility index (Phi) is 6.16. The highest BCUT2D eigenvalue weighted by atomic mass is 14.9. The SMILES string of the molecule is Cc1cnc(-c2ccccc2)[nH]1.c1ccc(Cc2cnc(-c3ccccc3)[nH]2)cc1. The Morgan fingerprint density at radius 1 is 0.600 bits per heavy atom. The molecule has 3 aromatic carbocycles. The fourth-order valence-corrected chi connectivity index (χ4v) is 3.16. The summed E-state index contributed by atoms with van der Waals surface area (Å²) in [5, 5.41) is 0. The first-order valence-electron chi connectivity index (χ1n) is 9.98. The van der Waals surface area contributed by atoms with Crippen molar-refractivity contribution in [2.24, 2.45) is 0 Å². The number of imidazole rings is 2. The van der Waals surface area contributed by atoms with Gasteiger partial charge in [-0.1, -0.05) is 91.0 Å². The first kappa shape index (κ1) is 19.4. The van der Waals surface area contributed by atoms with Crippen molar-refractivity contribution >= 4 is 0 Å². The summed E-state index contributed by atoms with van der Waals surface area (Å²) in [4.78, 5) is 15.2. The molecule has 0 atom stereocenters. The molecule has 0 aliphatic rings. The number of nitrogens with one attached hydrogen (secondary N) is 2. The molecule has 0 amide bonds. The van der Waals surface area contributed by atoms with E-state index in [9.17, 15) is 0 Å². The zero-order valence-corrected chi connectivity index (χ0v) is 16.9. The van der Waals surface area contributed by atoms with Crippen LogP contribution in [-0.2, 0) is 6.42 Å². The van der Waals surface area contributed by atoms with Crippen molar-refractivity contribution in [1.29, 1.82) is 0 Å². The third-order valence-electron chi connectivity index (χ3n) is 4.66. The molecule has 2 N–H and O–H groups in total. The third-order valence-corrected chi connectivity index (χ3v) is 4.66. The van der Waals surface area contributed by atoms with E-state index < -0.39 is 0 Å². The summed E-state index contributed by atoms with van der Waals surface area (Å²) in [6.45, 7) is 2.00. The summed E-state index contributed by atoms with van der Waals surface area (Å²) in [7, 11) is 0. The molecule has 0 bridgehead atoms. The van der Waals surface area contributed by atoms with Crippen molar-refractivity contribution in [3.63, 3.8) is 0 Å². The Bertz CT molecular complexity index is 1160. The maximum absolute atomic E-state index is 4.43. The van der Waals surface area contributed by atoms with Gasteiger partial charge in [0.15, 0.2) is 0 Å². The van der Waals surface area contributed by atoms with E-state index in [2.05, 4.69) is 56.3 Å². The number of rotatable bonds is 4. The van der Waals surface area contributed by atoms with Crippen LogP contribution in [0, 0.1) is 6.92 Å². The van der Waals surface area contributed by atoms with Crippen LogP contribution < -0.4 is 0 Å². The minimum absolute atomic E-state index is 0.890. The molecule has 4 nitrogen and oxygen atoms in total. The van der Waals surface area contributed by atoms with Gasteiger partial charge in [0.1, 0.15) is 11.6 Å². The number of hydrogen-bond donors (Lipinski definition) is 2. The molecule has 2 aromatic heterocycles. The van der Waals surface area contributed by atoms with Gasteiger partial charge in [-0.3, -0.25) is 0 Å². The Hall–Kier alpha value is -3.92. The van der Waals surface area contributed by atoms with E-state index in [1.165, 1.54) is 5.56 Å². The monoisotopic (exact) mass is 392 g/mol. The highest BCUT2D eigenvalue weighted by molar-refractivity contribution is 5.55. The first-order chi connectivity index (χ1) is 14.8. The lowest BCUT2D eigenvalue weighted by Crippen LogP contribution is -1.87. The molecule has 5 aromatic rings. The lowest BCUT2D eigenvalue weighted by atomic mass is 10.1. The standard InChI is InChI=1S/C16H14N2.C10H10N2/c1-3-7-13(8-4-1)11-15-12-17-16(18-15)14-9-5-2-6-10-14;1-8-7-11-10(12-8)9-5-3-2-4-6-9/h1-10,12H,11H2,(H,17,18);2-7H,1H3,(H,11,12). The number of H-pyrrole nitrogens is 2. The second kappa shape index (κ2) is 9.52. The molecule has 0 saturated heterocycles. The van der Waals surface area contributed by atoms with Gasteiger partial charge in [-0.15, -0.1) is 0 Å². The number of hydrogen-bond acceptors (Lipinski definition) is 2. The first-order valence-corrected chi connectivity index (χ1v) is 9.98. The van der Waals surface area contributed by atoms with E-state index in [0.717, 1.165) is 40.6 Å². The topological polar surface area (TPSA) is 57.4 Å². The van der Waals surface area contributed by atoms with E-state index in [4.69, 9.17) is 0 Å². The normalized spacial score (nSPS) is 10.3. The summed E-state index contributed by atoms with van der Waals surface area (Å²) >= 11 is 0. The van der Waals surface area contributed by atoms with Gasteiger partial charge >= 0.3 is 0 Å². The smallest absolute Gasteiger partial charge is 0.137 e. The molecular formula is C26H24N4. The second-order valence-electron chi connectivity index (χ2n) is 7.07. The van der Waals surface area contributed by atoms with Gasteiger partial charge in [0.2, 0.25) is 0 Å². The fraction of sp³-hybridized carbons (Fsp3) is 0.0769. The Balaban J connectivity index is 0.000000158. The van der Waals surface area contributed by atoms with Crippen LogP contribution in [0.15, 0.2) is 103 Å². The molecule has 0 unspecified atom stereocenters. The van der Waals surface area contributed by atoms with Gasteiger partial charge in [-0.05, 0) is 12.5 Å². The predicted molar refractivity (Wildman–Crippen MR) is 122 cm³/mol. The van der Waals surface area contributed by atoms with Crippen molar-refractivity contribution in [3.05, 3.63) is 120 Å². The molecule has 0 radical (unpaired) electrons. The maximum atomic E-state index is 4.43. The van der Waals surface area contributed by atoms with Gasteiger partial charge in [-0.25, -0.2) is 9.97 Å². The zero-order chi connectivity index (χ0) is 20.6. The molecule has 5 rings (SSSR count). The van der Waals surface area contributed by atoms with E-state index in [-0.39, 0.29) is 0 Å². The van der Waals surface area contributed by atoms with Gasteiger partial charge in [-0.2, -0.15) is 0 Å². The average Bonchev–Trinajstić information content (AvgIpc) is 3.45. The van der Waals surface area contributed by atoms with E-state index >= 15 is 0 Å². The van der Waals surface area contributed by atoms with Gasteiger partial charge in [0.05, 0.1) is 0 Å². The van der Waals surface area contributed by atoms with Crippen LogP contribution in [0.4, 0.5) is 0 Å². The van der Waals surface area contributed by atoms with E-state index in [0.29, 0.717) is 0 Å². The molecule has 30 heavy (non-hydrogen) atoms. The number of aryl methyl sites for hydroxylation is 1. The second-order valence-corrected chi connectivity index (χ2v) is 7.07. The molecule has 0 aliphatic carbocycles. The van der Waals surface area contributed by atoms with Crippen molar-refractivity contribution < 1.29 is 0 Å². The largest absolute Gasteiger partial charge is 0.342 e. The van der Waals surface area contributed by atoms with Crippen LogP contribution in [-0.4, -0.2) is 19.9 Å². The van der Waals surface area contributed by atoms with Crippen LogP contribution in [0.25, 0.3) is 22.8 Å².